The molecule has 0 aliphatic rings. The van der Waals surface area contributed by atoms with Crippen molar-refractivity contribution in [3.05, 3.63) is 72.9 Å². The third-order valence-electron chi connectivity index (χ3n) is 16.7. The monoisotopic (exact) mass is 1230 g/mol. The highest BCUT2D eigenvalue weighted by molar-refractivity contribution is 5.70. The van der Waals surface area contributed by atoms with Gasteiger partial charge in [0, 0.05) is 12.8 Å². The third-order valence-corrected chi connectivity index (χ3v) is 16.7. The number of allylic oxidation sites excluding steroid dienone is 12. The molecule has 0 spiro atoms. The highest BCUT2D eigenvalue weighted by Crippen LogP contribution is 2.19. The van der Waals surface area contributed by atoms with E-state index < -0.39 is 24.3 Å². The van der Waals surface area contributed by atoms with Gasteiger partial charge in [-0.25, -0.2) is 0 Å². The third kappa shape index (κ3) is 70.2. The molecule has 2 atom stereocenters. The van der Waals surface area contributed by atoms with Crippen LogP contribution in [0.5, 0.6) is 0 Å². The minimum absolute atomic E-state index is 0.150. The Morgan fingerprint density at radius 3 is 0.966 bits per heavy atom. The maximum Gasteiger partial charge on any atom is 0.306 e. The number of carbonyl (C=O) groups excluding carboxylic acids is 3. The number of hydrogen-bond donors (Lipinski definition) is 0. The Kier molecular flexibility index (Phi) is 67.0. The van der Waals surface area contributed by atoms with E-state index >= 15 is 0 Å². The lowest BCUT2D eigenvalue weighted by Gasteiger charge is -2.26. The second-order valence-electron chi connectivity index (χ2n) is 26.6. The summed E-state index contributed by atoms with van der Waals surface area (Å²) in [7, 11) is 5.94. The number of quaternary nitrogens is 1. The molecule has 0 amide bonds. The fraction of sp³-hybridized carbons (Fsp3) is 0.810. The van der Waals surface area contributed by atoms with E-state index in [-0.39, 0.29) is 32.2 Å². The Morgan fingerprint density at radius 2 is 0.648 bits per heavy atom. The number of unbranched alkanes of at least 4 members (excludes halogenated alkanes) is 43. The second kappa shape index (κ2) is 69.6. The normalized spacial score (nSPS) is 13.1. The van der Waals surface area contributed by atoms with Gasteiger partial charge in [-0.15, -0.1) is 0 Å². The zero-order chi connectivity index (χ0) is 64.0. The van der Waals surface area contributed by atoms with Crippen molar-refractivity contribution >= 4 is 17.9 Å². The van der Waals surface area contributed by atoms with E-state index in [1.165, 1.54) is 250 Å². The van der Waals surface area contributed by atoms with Gasteiger partial charge in [0.1, 0.15) is 13.2 Å². The number of ether oxygens (including phenoxy) is 4. The van der Waals surface area contributed by atoms with Crippen molar-refractivity contribution in [1.29, 1.82) is 0 Å². The largest absolute Gasteiger partial charge is 0.545 e. The zero-order valence-corrected chi connectivity index (χ0v) is 58.6. The number of aliphatic carboxylic acids is 1. The summed E-state index contributed by atoms with van der Waals surface area (Å²) in [6.45, 7) is 4.70. The molecule has 2 unspecified atom stereocenters. The van der Waals surface area contributed by atoms with Gasteiger partial charge in [-0.1, -0.05) is 350 Å². The molecule has 0 aromatic rings. The Bertz CT molecular complexity index is 1680. The predicted molar refractivity (Wildman–Crippen MR) is 375 cm³/mol. The van der Waals surface area contributed by atoms with E-state index in [0.717, 1.165) is 77.0 Å². The molecule has 0 rings (SSSR count). The van der Waals surface area contributed by atoms with Gasteiger partial charge in [0.2, 0.25) is 0 Å². The molecular formula is C79H143NO8. The fourth-order valence-electron chi connectivity index (χ4n) is 11.0. The van der Waals surface area contributed by atoms with Crippen molar-refractivity contribution < 1.29 is 42.9 Å². The predicted octanol–water partition coefficient (Wildman–Crippen LogP) is 22.3. The maximum atomic E-state index is 12.9. The molecule has 0 radical (unpaired) electrons. The molecular weight excluding hydrogens is 1090 g/mol. The molecule has 0 saturated carbocycles. The Labute approximate surface area is 545 Å². The zero-order valence-electron chi connectivity index (χ0n) is 58.6. The van der Waals surface area contributed by atoms with Crippen molar-refractivity contribution in [3.63, 3.8) is 0 Å². The summed E-state index contributed by atoms with van der Waals surface area (Å²) >= 11 is 0. The molecule has 0 heterocycles. The highest BCUT2D eigenvalue weighted by Gasteiger charge is 2.22. The first-order valence-corrected chi connectivity index (χ1v) is 37.6. The number of carboxylic acid groups (broad SMARTS) is 1. The molecule has 0 bridgehead atoms. The first-order chi connectivity index (χ1) is 43.1. The number of likely N-dealkylation sites (N-methyl/N-ethyl adjacent to an activating group) is 1. The average Bonchev–Trinajstić information content (AvgIpc) is 3.55. The van der Waals surface area contributed by atoms with Crippen LogP contribution in [0.15, 0.2) is 72.9 Å². The van der Waals surface area contributed by atoms with Gasteiger partial charge in [-0.05, 0) is 64.2 Å². The van der Waals surface area contributed by atoms with Crippen LogP contribution in [0.3, 0.4) is 0 Å². The molecule has 0 N–H and O–H groups in total. The van der Waals surface area contributed by atoms with E-state index in [0.29, 0.717) is 17.4 Å². The minimum Gasteiger partial charge on any atom is -0.545 e. The molecule has 0 aromatic carbocycles. The van der Waals surface area contributed by atoms with Crippen LogP contribution in [0.4, 0.5) is 0 Å². The summed E-state index contributed by atoms with van der Waals surface area (Å²) in [5, 5.41) is 11.8. The van der Waals surface area contributed by atoms with Crippen LogP contribution in [0.2, 0.25) is 0 Å². The number of rotatable bonds is 70. The molecule has 88 heavy (non-hydrogen) atoms. The summed E-state index contributed by atoms with van der Waals surface area (Å²) in [6.07, 6.45) is 90.1. The average molecular weight is 1240 g/mol. The maximum absolute atomic E-state index is 12.9. The van der Waals surface area contributed by atoms with Gasteiger partial charge in [0.15, 0.2) is 12.4 Å². The molecule has 0 aliphatic heterocycles. The second-order valence-corrected chi connectivity index (χ2v) is 26.6. The lowest BCUT2D eigenvalue weighted by molar-refractivity contribution is -0.870. The molecule has 0 saturated heterocycles. The summed E-state index contributed by atoms with van der Waals surface area (Å²) < 4.78 is 22.8. The smallest absolute Gasteiger partial charge is 0.306 e. The van der Waals surface area contributed by atoms with Crippen molar-refractivity contribution in [3.8, 4) is 0 Å². The standard InChI is InChI=1S/C79H143NO8/c1-6-8-10-12-14-16-18-20-22-24-26-28-30-31-32-33-34-35-36-37-38-39-40-41-42-43-44-45-46-47-48-50-52-54-56-58-60-62-64-66-68-70-77(82)88-75(74-87-79(78(83)84)85-72-71-80(3,4)5)73-86-76(81)69-67-65-63-61-59-57-55-53-51-49-29-27-25-23-21-19-17-15-13-11-9-7-2/h8,10,14,16,20,22,26,28,31-32,34-35,75,79H,6-7,9,11-13,15,17-19,21,23-25,27,29-30,33,36-74H2,1-5H3/b10-8-,16-14-,22-20-,28-26-,32-31-,35-34-. The summed E-state index contributed by atoms with van der Waals surface area (Å²) in [5.74, 6) is -2.25. The van der Waals surface area contributed by atoms with Gasteiger partial charge in [-0.3, -0.25) is 9.59 Å². The van der Waals surface area contributed by atoms with Gasteiger partial charge >= 0.3 is 11.9 Å². The lowest BCUT2D eigenvalue weighted by Crippen LogP contribution is -2.44. The van der Waals surface area contributed by atoms with Crippen LogP contribution in [-0.4, -0.2) is 82.3 Å². The number of esters is 2. The van der Waals surface area contributed by atoms with E-state index in [1.54, 1.807) is 0 Å². The molecule has 9 nitrogen and oxygen atoms in total. The fourth-order valence-corrected chi connectivity index (χ4v) is 11.0. The van der Waals surface area contributed by atoms with Crippen LogP contribution < -0.4 is 5.11 Å². The summed E-state index contributed by atoms with van der Waals surface area (Å²) in [6, 6.07) is 0. The van der Waals surface area contributed by atoms with Gasteiger partial charge in [-0.2, -0.15) is 0 Å². The van der Waals surface area contributed by atoms with Crippen molar-refractivity contribution in [2.24, 2.45) is 0 Å². The van der Waals surface area contributed by atoms with Crippen molar-refractivity contribution in [2.75, 3.05) is 47.5 Å². The Morgan fingerprint density at radius 1 is 0.352 bits per heavy atom. The molecule has 9 heteroatoms. The molecule has 0 aliphatic carbocycles. The van der Waals surface area contributed by atoms with Crippen LogP contribution in [0, 0.1) is 0 Å². The van der Waals surface area contributed by atoms with E-state index in [2.05, 4.69) is 86.8 Å². The highest BCUT2D eigenvalue weighted by atomic mass is 16.7. The summed E-state index contributed by atoms with van der Waals surface area (Å²) in [4.78, 5) is 37.5. The van der Waals surface area contributed by atoms with Crippen LogP contribution in [0.25, 0.3) is 0 Å². The van der Waals surface area contributed by atoms with Crippen LogP contribution in [-0.2, 0) is 33.3 Å². The van der Waals surface area contributed by atoms with E-state index in [9.17, 15) is 19.5 Å². The first-order valence-electron chi connectivity index (χ1n) is 37.6. The van der Waals surface area contributed by atoms with E-state index in [4.69, 9.17) is 18.9 Å². The number of nitrogens with zero attached hydrogens (tertiary/aromatic N) is 1. The Balaban J connectivity index is 3.97. The van der Waals surface area contributed by atoms with Crippen LogP contribution >= 0.6 is 0 Å². The quantitative estimate of drug-likeness (QED) is 0.0195. The number of hydrogen-bond acceptors (Lipinski definition) is 8. The van der Waals surface area contributed by atoms with Gasteiger partial charge in [0.25, 0.3) is 0 Å². The van der Waals surface area contributed by atoms with E-state index in [1.807, 2.05) is 21.1 Å². The number of carbonyl (C=O) groups is 3. The SMILES string of the molecule is CC/C=C\C/C=C\C/C=C\C/C=C\C/C=C\C/C=C\CCCCCCCCCCCCCCCCCCCCCCCCC(=O)OC(COC(=O)CCCCCCCCCCCCCCCCCCCCCCCC)COC(OCC[N+](C)(C)C)C(=O)[O-]. The minimum atomic E-state index is -1.62. The first kappa shape index (κ1) is 84.7. The molecule has 0 aromatic heterocycles. The van der Waals surface area contributed by atoms with Crippen molar-refractivity contribution in [1.82, 2.24) is 0 Å². The number of carboxylic acids is 1. The van der Waals surface area contributed by atoms with Crippen molar-refractivity contribution in [2.45, 2.75) is 367 Å². The molecule has 0 fully saturated rings. The summed E-state index contributed by atoms with van der Waals surface area (Å²) in [5.41, 5.74) is 0. The van der Waals surface area contributed by atoms with Crippen LogP contribution in [0.1, 0.15) is 354 Å². The van der Waals surface area contributed by atoms with Gasteiger partial charge < -0.3 is 33.3 Å². The topological polar surface area (TPSA) is 111 Å². The molecule has 512 valence electrons. The Hall–Kier alpha value is -3.27. The lowest BCUT2D eigenvalue weighted by atomic mass is 10.0. The van der Waals surface area contributed by atoms with Gasteiger partial charge in [0.05, 0.1) is 40.3 Å².